The monoisotopic (exact) mass is 305 g/mol. The molecule has 5 heteroatoms. The van der Waals surface area contributed by atoms with Crippen LogP contribution in [0.4, 0.5) is 4.39 Å². The van der Waals surface area contributed by atoms with Crippen LogP contribution in [0.5, 0.6) is 0 Å². The number of fused-ring (bicyclic) bond motifs is 1. The number of thiophene rings is 1. The first-order valence-corrected chi connectivity index (χ1v) is 7.13. The van der Waals surface area contributed by atoms with Crippen LogP contribution in [-0.2, 0) is 6.42 Å². The lowest BCUT2D eigenvalue weighted by atomic mass is 10.1. The van der Waals surface area contributed by atoms with Gasteiger partial charge in [0.2, 0.25) is 0 Å². The number of hydrogen-bond acceptors (Lipinski definition) is 3. The summed E-state index contributed by atoms with van der Waals surface area (Å²) in [6.45, 7) is 0. The normalized spacial score (nSPS) is 10.9. The molecule has 2 aromatic heterocycles. The zero-order chi connectivity index (χ0) is 14.1. The lowest BCUT2D eigenvalue weighted by Crippen LogP contribution is -2.01. The summed E-state index contributed by atoms with van der Waals surface area (Å²) in [4.78, 5) is 16.8. The fourth-order valence-corrected chi connectivity index (χ4v) is 3.13. The Labute approximate surface area is 123 Å². The van der Waals surface area contributed by atoms with E-state index >= 15 is 0 Å². The number of halogens is 2. The SMILES string of the molecule is O=C(Cc1ccncc1Cl)c1cc2cc(F)ccc2s1. The highest BCUT2D eigenvalue weighted by atomic mass is 35.5. The average molecular weight is 306 g/mol. The summed E-state index contributed by atoms with van der Waals surface area (Å²) in [5.41, 5.74) is 0.746. The molecule has 0 saturated heterocycles. The van der Waals surface area contributed by atoms with Crippen molar-refractivity contribution in [3.05, 3.63) is 64.0 Å². The van der Waals surface area contributed by atoms with E-state index in [0.29, 0.717) is 9.90 Å². The van der Waals surface area contributed by atoms with E-state index in [2.05, 4.69) is 4.98 Å². The first kappa shape index (κ1) is 13.2. The first-order valence-electron chi connectivity index (χ1n) is 5.94. The molecule has 0 amide bonds. The highest BCUT2D eigenvalue weighted by Gasteiger charge is 2.13. The largest absolute Gasteiger partial charge is 0.293 e. The van der Waals surface area contributed by atoms with Crippen LogP contribution in [0.15, 0.2) is 42.7 Å². The van der Waals surface area contributed by atoms with Gasteiger partial charge in [-0.05, 0) is 41.3 Å². The molecule has 0 spiro atoms. The van der Waals surface area contributed by atoms with Gasteiger partial charge in [0, 0.05) is 23.5 Å². The molecule has 0 fully saturated rings. The molecule has 0 aliphatic carbocycles. The number of benzene rings is 1. The molecule has 0 bridgehead atoms. The molecule has 20 heavy (non-hydrogen) atoms. The Hall–Kier alpha value is -1.78. The minimum atomic E-state index is -0.300. The molecule has 0 N–H and O–H groups in total. The van der Waals surface area contributed by atoms with E-state index < -0.39 is 0 Å². The Morgan fingerprint density at radius 1 is 1.30 bits per heavy atom. The standard InChI is InChI=1S/C15H9ClFNOS/c16-12-8-18-4-3-9(12)6-13(19)15-7-10-5-11(17)1-2-14(10)20-15/h1-5,7-8H,6H2. The molecule has 2 heterocycles. The predicted octanol–water partition coefficient (Wildman–Crippen LogP) is 4.51. The lowest BCUT2D eigenvalue weighted by molar-refractivity contribution is 0.0997. The maximum absolute atomic E-state index is 13.1. The van der Waals surface area contributed by atoms with Gasteiger partial charge < -0.3 is 0 Å². The molecule has 1 aromatic carbocycles. The molecule has 2 nitrogen and oxygen atoms in total. The summed E-state index contributed by atoms with van der Waals surface area (Å²) >= 11 is 7.36. The fraction of sp³-hybridized carbons (Fsp3) is 0.0667. The van der Waals surface area contributed by atoms with Crippen LogP contribution in [0.2, 0.25) is 5.02 Å². The number of pyridine rings is 1. The van der Waals surface area contributed by atoms with E-state index in [4.69, 9.17) is 11.6 Å². The highest BCUT2D eigenvalue weighted by Crippen LogP contribution is 2.28. The topological polar surface area (TPSA) is 30.0 Å². The molecule has 3 rings (SSSR count). The van der Waals surface area contributed by atoms with Gasteiger partial charge in [-0.25, -0.2) is 4.39 Å². The van der Waals surface area contributed by atoms with Gasteiger partial charge in [0.15, 0.2) is 5.78 Å². The molecule has 0 aliphatic heterocycles. The van der Waals surface area contributed by atoms with Gasteiger partial charge in [-0.3, -0.25) is 9.78 Å². The molecule has 0 unspecified atom stereocenters. The van der Waals surface area contributed by atoms with Crippen molar-refractivity contribution in [1.82, 2.24) is 4.98 Å². The van der Waals surface area contributed by atoms with Crippen LogP contribution in [0.1, 0.15) is 15.2 Å². The summed E-state index contributed by atoms with van der Waals surface area (Å²) in [6.07, 6.45) is 3.34. The van der Waals surface area contributed by atoms with Crippen LogP contribution in [0.3, 0.4) is 0 Å². The van der Waals surface area contributed by atoms with E-state index in [9.17, 15) is 9.18 Å². The van der Waals surface area contributed by atoms with Crippen molar-refractivity contribution < 1.29 is 9.18 Å². The molecule has 0 radical (unpaired) electrons. The summed E-state index contributed by atoms with van der Waals surface area (Å²) < 4.78 is 14.0. The van der Waals surface area contributed by atoms with Crippen molar-refractivity contribution in [3.63, 3.8) is 0 Å². The Morgan fingerprint density at radius 3 is 2.95 bits per heavy atom. The number of hydrogen-bond donors (Lipinski definition) is 0. The molecule has 0 atom stereocenters. The zero-order valence-electron chi connectivity index (χ0n) is 10.3. The minimum absolute atomic E-state index is 0.0280. The third-order valence-electron chi connectivity index (χ3n) is 2.96. The van der Waals surface area contributed by atoms with Crippen molar-refractivity contribution >= 4 is 38.8 Å². The smallest absolute Gasteiger partial charge is 0.177 e. The summed E-state index contributed by atoms with van der Waals surface area (Å²) in [7, 11) is 0. The second kappa shape index (κ2) is 5.31. The number of rotatable bonds is 3. The molecule has 100 valence electrons. The molecule has 0 aliphatic rings. The number of aromatic nitrogens is 1. The van der Waals surface area contributed by atoms with Crippen LogP contribution in [0, 0.1) is 5.82 Å². The first-order chi connectivity index (χ1) is 9.63. The van der Waals surface area contributed by atoms with Gasteiger partial charge in [-0.2, -0.15) is 0 Å². The minimum Gasteiger partial charge on any atom is -0.293 e. The van der Waals surface area contributed by atoms with Crippen LogP contribution in [-0.4, -0.2) is 10.8 Å². The van der Waals surface area contributed by atoms with Crippen LogP contribution < -0.4 is 0 Å². The number of carbonyl (C=O) groups is 1. The molecule has 0 saturated carbocycles. The number of nitrogens with zero attached hydrogens (tertiary/aromatic N) is 1. The van der Waals surface area contributed by atoms with Crippen LogP contribution in [0.25, 0.3) is 10.1 Å². The zero-order valence-corrected chi connectivity index (χ0v) is 11.8. The number of carbonyl (C=O) groups excluding carboxylic acids is 1. The number of Topliss-reactive ketones (excluding diaryl/α,β-unsaturated/α-hetero) is 1. The summed E-state index contributed by atoms with van der Waals surface area (Å²) in [5.74, 6) is -0.328. The third kappa shape index (κ3) is 2.57. The predicted molar refractivity (Wildman–Crippen MR) is 79.1 cm³/mol. The second-order valence-corrected chi connectivity index (χ2v) is 5.85. The van der Waals surface area contributed by atoms with Gasteiger partial charge in [0.05, 0.1) is 9.90 Å². The van der Waals surface area contributed by atoms with Crippen molar-refractivity contribution in [2.24, 2.45) is 0 Å². The third-order valence-corrected chi connectivity index (χ3v) is 4.46. The molecule has 3 aromatic rings. The average Bonchev–Trinajstić information content (AvgIpc) is 2.84. The molecular weight excluding hydrogens is 297 g/mol. The van der Waals surface area contributed by atoms with E-state index in [1.54, 1.807) is 24.4 Å². The fourth-order valence-electron chi connectivity index (χ4n) is 1.96. The van der Waals surface area contributed by atoms with Crippen molar-refractivity contribution in [2.45, 2.75) is 6.42 Å². The Morgan fingerprint density at radius 2 is 2.15 bits per heavy atom. The van der Waals surface area contributed by atoms with E-state index in [1.165, 1.54) is 29.7 Å². The van der Waals surface area contributed by atoms with Gasteiger partial charge in [-0.1, -0.05) is 11.6 Å². The Bertz CT molecular complexity index is 799. The highest BCUT2D eigenvalue weighted by molar-refractivity contribution is 7.20. The Kier molecular flexibility index (Phi) is 3.51. The quantitative estimate of drug-likeness (QED) is 0.666. The maximum Gasteiger partial charge on any atom is 0.177 e. The van der Waals surface area contributed by atoms with Crippen molar-refractivity contribution in [1.29, 1.82) is 0 Å². The van der Waals surface area contributed by atoms with Crippen molar-refractivity contribution in [2.75, 3.05) is 0 Å². The van der Waals surface area contributed by atoms with Gasteiger partial charge in [0.25, 0.3) is 0 Å². The molecular formula is C15H9ClFNOS. The van der Waals surface area contributed by atoms with Crippen molar-refractivity contribution in [3.8, 4) is 0 Å². The van der Waals surface area contributed by atoms with Gasteiger partial charge in [0.1, 0.15) is 5.82 Å². The maximum atomic E-state index is 13.1. The van der Waals surface area contributed by atoms with Gasteiger partial charge >= 0.3 is 0 Å². The van der Waals surface area contributed by atoms with E-state index in [-0.39, 0.29) is 18.0 Å². The van der Waals surface area contributed by atoms with Crippen LogP contribution >= 0.6 is 22.9 Å². The second-order valence-electron chi connectivity index (χ2n) is 4.36. The van der Waals surface area contributed by atoms with E-state index in [0.717, 1.165) is 15.6 Å². The summed E-state index contributed by atoms with van der Waals surface area (Å²) in [6, 6.07) is 7.97. The van der Waals surface area contributed by atoms with E-state index in [1.807, 2.05) is 0 Å². The Balaban J connectivity index is 1.91. The lowest BCUT2D eigenvalue weighted by Gasteiger charge is -2.00. The number of ketones is 1. The summed E-state index contributed by atoms with van der Waals surface area (Å²) in [5, 5.41) is 1.23. The van der Waals surface area contributed by atoms with Gasteiger partial charge in [-0.15, -0.1) is 11.3 Å².